The minimum atomic E-state index is -0.164. The lowest BCUT2D eigenvalue weighted by molar-refractivity contribution is 0.625. The first kappa shape index (κ1) is 9.34. The van der Waals surface area contributed by atoms with Crippen molar-refractivity contribution < 1.29 is 4.39 Å². The highest BCUT2D eigenvalue weighted by Gasteiger charge is 2.18. The third-order valence-corrected chi connectivity index (χ3v) is 3.01. The molecular weight excluding hydrogens is 199 g/mol. The van der Waals surface area contributed by atoms with Gasteiger partial charge in [0, 0.05) is 5.92 Å². The van der Waals surface area contributed by atoms with E-state index >= 15 is 0 Å². The zero-order valence-electron chi connectivity index (χ0n) is 8.73. The van der Waals surface area contributed by atoms with Gasteiger partial charge in [-0.25, -0.2) is 4.39 Å². The van der Waals surface area contributed by atoms with Crippen molar-refractivity contribution in [2.45, 2.75) is 5.92 Å². The number of hydrogen-bond acceptors (Lipinski definition) is 0. The molecule has 0 spiro atoms. The number of benzene rings is 2. The molecule has 0 nitrogen and oxygen atoms in total. The molecule has 0 fully saturated rings. The van der Waals surface area contributed by atoms with Gasteiger partial charge in [-0.1, -0.05) is 48.6 Å². The fourth-order valence-electron chi connectivity index (χ4n) is 2.22. The Morgan fingerprint density at radius 1 is 0.938 bits per heavy atom. The monoisotopic (exact) mass is 210 g/mol. The SMILES string of the molecule is Fc1ccc2c(c1)C(c1ccccc1)C=C2. The van der Waals surface area contributed by atoms with Crippen molar-refractivity contribution >= 4 is 6.08 Å². The van der Waals surface area contributed by atoms with Crippen molar-refractivity contribution in [1.29, 1.82) is 0 Å². The second kappa shape index (κ2) is 3.60. The molecule has 0 heterocycles. The van der Waals surface area contributed by atoms with E-state index in [0.29, 0.717) is 0 Å². The summed E-state index contributed by atoms with van der Waals surface area (Å²) < 4.78 is 13.2. The third-order valence-electron chi connectivity index (χ3n) is 3.01. The molecule has 2 aromatic rings. The summed E-state index contributed by atoms with van der Waals surface area (Å²) in [5.74, 6) is 0.0373. The van der Waals surface area contributed by atoms with Gasteiger partial charge in [0.2, 0.25) is 0 Å². The summed E-state index contributed by atoms with van der Waals surface area (Å²) in [6.45, 7) is 0. The highest BCUT2D eigenvalue weighted by molar-refractivity contribution is 5.65. The van der Waals surface area contributed by atoms with Crippen LogP contribution in [0.5, 0.6) is 0 Å². The number of hydrogen-bond donors (Lipinski definition) is 0. The van der Waals surface area contributed by atoms with Gasteiger partial charge in [0.15, 0.2) is 0 Å². The number of allylic oxidation sites excluding steroid dienone is 1. The van der Waals surface area contributed by atoms with Gasteiger partial charge in [0.05, 0.1) is 0 Å². The molecule has 0 aliphatic heterocycles. The topological polar surface area (TPSA) is 0 Å². The summed E-state index contributed by atoms with van der Waals surface area (Å²) in [4.78, 5) is 0. The van der Waals surface area contributed by atoms with Crippen LogP contribution in [-0.4, -0.2) is 0 Å². The van der Waals surface area contributed by atoms with E-state index in [9.17, 15) is 4.39 Å². The van der Waals surface area contributed by atoms with Gasteiger partial charge in [0.25, 0.3) is 0 Å². The molecule has 2 aromatic carbocycles. The van der Waals surface area contributed by atoms with Crippen molar-refractivity contribution in [3.63, 3.8) is 0 Å². The zero-order chi connectivity index (χ0) is 11.0. The van der Waals surface area contributed by atoms with Gasteiger partial charge < -0.3 is 0 Å². The lowest BCUT2D eigenvalue weighted by Gasteiger charge is -2.11. The first-order chi connectivity index (χ1) is 7.84. The Balaban J connectivity index is 2.09. The maximum atomic E-state index is 13.2. The van der Waals surface area contributed by atoms with E-state index in [0.717, 1.165) is 11.1 Å². The standard InChI is InChI=1S/C15H11F/c16-13-8-6-12-7-9-14(15(12)10-13)11-4-2-1-3-5-11/h1-10,14H. The van der Waals surface area contributed by atoms with Gasteiger partial charge in [-0.2, -0.15) is 0 Å². The van der Waals surface area contributed by atoms with Crippen LogP contribution < -0.4 is 0 Å². The molecule has 0 aromatic heterocycles. The summed E-state index contributed by atoms with van der Waals surface area (Å²) in [5, 5.41) is 0. The van der Waals surface area contributed by atoms with Crippen LogP contribution in [0.15, 0.2) is 54.6 Å². The average Bonchev–Trinajstić information content (AvgIpc) is 2.73. The quantitative estimate of drug-likeness (QED) is 0.667. The lowest BCUT2D eigenvalue weighted by atomic mass is 9.93. The van der Waals surface area contributed by atoms with E-state index in [-0.39, 0.29) is 11.7 Å². The molecule has 3 rings (SSSR count). The Kier molecular flexibility index (Phi) is 2.10. The molecule has 0 N–H and O–H groups in total. The van der Waals surface area contributed by atoms with E-state index in [2.05, 4.69) is 24.3 Å². The summed E-state index contributed by atoms with van der Waals surface area (Å²) in [7, 11) is 0. The number of fused-ring (bicyclic) bond motifs is 1. The van der Waals surface area contributed by atoms with Gasteiger partial charge in [-0.15, -0.1) is 0 Å². The normalized spacial score (nSPS) is 17.4. The Morgan fingerprint density at radius 3 is 2.56 bits per heavy atom. The van der Waals surface area contributed by atoms with Crippen LogP contribution >= 0.6 is 0 Å². The Bertz CT molecular complexity index is 541. The number of halogens is 1. The van der Waals surface area contributed by atoms with E-state index in [1.165, 1.54) is 11.6 Å². The van der Waals surface area contributed by atoms with Crippen molar-refractivity contribution in [2.24, 2.45) is 0 Å². The van der Waals surface area contributed by atoms with Crippen LogP contribution in [0.25, 0.3) is 6.08 Å². The minimum absolute atomic E-state index is 0.164. The molecule has 1 aliphatic carbocycles. The smallest absolute Gasteiger partial charge is 0.123 e. The third kappa shape index (κ3) is 1.45. The second-order valence-electron chi connectivity index (χ2n) is 4.02. The minimum Gasteiger partial charge on any atom is -0.207 e. The largest absolute Gasteiger partial charge is 0.207 e. The zero-order valence-corrected chi connectivity index (χ0v) is 8.73. The van der Waals surface area contributed by atoms with E-state index < -0.39 is 0 Å². The predicted octanol–water partition coefficient (Wildman–Crippen LogP) is 3.98. The van der Waals surface area contributed by atoms with Gasteiger partial charge in [0.1, 0.15) is 5.82 Å². The molecule has 1 atom stereocenters. The first-order valence-corrected chi connectivity index (χ1v) is 5.37. The van der Waals surface area contributed by atoms with E-state index in [4.69, 9.17) is 0 Å². The molecule has 0 saturated carbocycles. The van der Waals surface area contributed by atoms with E-state index in [1.807, 2.05) is 24.3 Å². The fourth-order valence-corrected chi connectivity index (χ4v) is 2.22. The molecule has 78 valence electrons. The molecule has 0 saturated heterocycles. The van der Waals surface area contributed by atoms with Gasteiger partial charge in [-0.3, -0.25) is 0 Å². The molecule has 0 radical (unpaired) electrons. The summed E-state index contributed by atoms with van der Waals surface area (Å²) in [5.41, 5.74) is 3.39. The number of rotatable bonds is 1. The Morgan fingerprint density at radius 2 is 1.75 bits per heavy atom. The van der Waals surface area contributed by atoms with Crippen molar-refractivity contribution in [1.82, 2.24) is 0 Å². The van der Waals surface area contributed by atoms with Crippen LogP contribution in [0, 0.1) is 5.82 Å². The van der Waals surface area contributed by atoms with Crippen molar-refractivity contribution in [2.75, 3.05) is 0 Å². The van der Waals surface area contributed by atoms with Crippen molar-refractivity contribution in [3.05, 3.63) is 77.1 Å². The highest BCUT2D eigenvalue weighted by atomic mass is 19.1. The molecule has 0 bridgehead atoms. The maximum absolute atomic E-state index is 13.2. The van der Waals surface area contributed by atoms with Crippen LogP contribution in [0.1, 0.15) is 22.6 Å². The fraction of sp³-hybridized carbons (Fsp3) is 0.0667. The molecule has 0 amide bonds. The summed E-state index contributed by atoms with van der Waals surface area (Å²) in [6, 6.07) is 15.2. The molecule has 16 heavy (non-hydrogen) atoms. The van der Waals surface area contributed by atoms with Crippen LogP contribution in [0.2, 0.25) is 0 Å². The lowest BCUT2D eigenvalue weighted by Crippen LogP contribution is -1.96. The predicted molar refractivity (Wildman–Crippen MR) is 63.7 cm³/mol. The second-order valence-corrected chi connectivity index (χ2v) is 4.02. The van der Waals surface area contributed by atoms with E-state index in [1.54, 1.807) is 6.07 Å². The average molecular weight is 210 g/mol. The Hall–Kier alpha value is -1.89. The summed E-state index contributed by atoms with van der Waals surface area (Å²) in [6.07, 6.45) is 4.19. The Labute approximate surface area is 94.1 Å². The highest BCUT2D eigenvalue weighted by Crippen LogP contribution is 2.35. The summed E-state index contributed by atoms with van der Waals surface area (Å²) >= 11 is 0. The van der Waals surface area contributed by atoms with Crippen LogP contribution in [0.3, 0.4) is 0 Å². The van der Waals surface area contributed by atoms with Crippen molar-refractivity contribution in [3.8, 4) is 0 Å². The molecule has 1 heteroatoms. The molecular formula is C15H11F. The van der Waals surface area contributed by atoms with Crippen LogP contribution in [0.4, 0.5) is 4.39 Å². The maximum Gasteiger partial charge on any atom is 0.123 e. The first-order valence-electron chi connectivity index (χ1n) is 5.37. The molecule has 1 aliphatic rings. The van der Waals surface area contributed by atoms with Gasteiger partial charge >= 0.3 is 0 Å². The van der Waals surface area contributed by atoms with Gasteiger partial charge in [-0.05, 0) is 28.8 Å². The van der Waals surface area contributed by atoms with Crippen LogP contribution in [-0.2, 0) is 0 Å². The molecule has 1 unspecified atom stereocenters.